The van der Waals surface area contributed by atoms with Crippen molar-refractivity contribution in [1.82, 2.24) is 5.32 Å². The summed E-state index contributed by atoms with van der Waals surface area (Å²) >= 11 is 0. The summed E-state index contributed by atoms with van der Waals surface area (Å²) in [6, 6.07) is -0.849. The number of carbonyl (C=O) groups excluding carboxylic acids is 1. The highest BCUT2D eigenvalue weighted by Crippen LogP contribution is 2.30. The molecule has 14 nitrogen and oxygen atoms in total. The van der Waals surface area contributed by atoms with E-state index >= 15 is 0 Å². The first-order valence-corrected chi connectivity index (χ1v) is 29.6. The molecule has 12 atom stereocenters. The van der Waals surface area contributed by atoms with Crippen molar-refractivity contribution in [3.8, 4) is 0 Å². The molecule has 0 radical (unpaired) electrons. The average Bonchev–Trinajstić information content (AvgIpc) is 3.45. The fourth-order valence-electron chi connectivity index (χ4n) is 8.57. The van der Waals surface area contributed by atoms with E-state index in [1.165, 1.54) is 0 Å². The maximum atomic E-state index is 13.1. The molecule has 9 N–H and O–H groups in total. The van der Waals surface area contributed by atoms with Crippen molar-refractivity contribution in [1.29, 1.82) is 0 Å². The Balaban J connectivity index is 1.55. The SMILES string of the molecule is CC/C=C\C/C=C\C/C=C\C/C=C\C/C=C\C/C=C\C/C=C\C/C=C\C/C=C\C/C=C\C/C=C\C/C=C\CCCCCCC(=O)NC(COC1OC(CO)C(OC2OC(CO)C(O)C(O)C2O)C(O)C1O)C(O)CCCCCC. The van der Waals surface area contributed by atoms with Crippen LogP contribution in [0.1, 0.15) is 162 Å². The average molecular weight is 1110 g/mol. The molecular formula is C65H103NO13. The zero-order valence-electron chi connectivity index (χ0n) is 47.8. The second kappa shape index (κ2) is 48.6. The molecule has 2 heterocycles. The van der Waals surface area contributed by atoms with E-state index < -0.39 is 86.8 Å². The molecule has 1 amide bonds. The molecular weight excluding hydrogens is 1000 g/mol. The van der Waals surface area contributed by atoms with Crippen LogP contribution in [-0.2, 0) is 23.7 Å². The summed E-state index contributed by atoms with van der Waals surface area (Å²) in [7, 11) is 0. The molecule has 0 aromatic heterocycles. The molecule has 14 heteroatoms. The molecule has 2 fully saturated rings. The number of hydrogen-bond donors (Lipinski definition) is 9. The predicted molar refractivity (Wildman–Crippen MR) is 318 cm³/mol. The molecule has 2 aliphatic rings. The van der Waals surface area contributed by atoms with Gasteiger partial charge in [-0.25, -0.2) is 0 Å². The number of unbranched alkanes of at least 4 members (excludes halogenated alkanes) is 7. The van der Waals surface area contributed by atoms with Gasteiger partial charge in [-0.2, -0.15) is 0 Å². The number of ether oxygens (including phenoxy) is 4. The quantitative estimate of drug-likeness (QED) is 0.0205. The number of aliphatic hydroxyl groups is 8. The Kier molecular flexibility index (Phi) is 43.6. The number of allylic oxidation sites excluding steroid dienone is 24. The normalized spacial score (nSPS) is 25.5. The first-order valence-electron chi connectivity index (χ1n) is 29.6. The molecule has 0 aromatic carbocycles. The summed E-state index contributed by atoms with van der Waals surface area (Å²) in [6.07, 6.45) is 56.7. The summed E-state index contributed by atoms with van der Waals surface area (Å²) in [4.78, 5) is 13.1. The van der Waals surface area contributed by atoms with E-state index in [4.69, 9.17) is 18.9 Å². The van der Waals surface area contributed by atoms with Gasteiger partial charge in [-0.1, -0.05) is 198 Å². The van der Waals surface area contributed by atoms with Crippen molar-refractivity contribution < 1.29 is 64.6 Å². The number of hydrogen-bond acceptors (Lipinski definition) is 13. The van der Waals surface area contributed by atoms with Crippen LogP contribution in [0.5, 0.6) is 0 Å². The Morgan fingerprint density at radius 2 is 0.873 bits per heavy atom. The molecule has 0 saturated carbocycles. The van der Waals surface area contributed by atoms with E-state index in [1.54, 1.807) is 0 Å². The minimum atomic E-state index is -1.79. The van der Waals surface area contributed by atoms with Crippen LogP contribution in [0, 0.1) is 0 Å². The molecule has 0 spiro atoms. The van der Waals surface area contributed by atoms with Gasteiger partial charge >= 0.3 is 0 Å². The highest BCUT2D eigenvalue weighted by molar-refractivity contribution is 5.76. The molecule has 79 heavy (non-hydrogen) atoms. The third kappa shape index (κ3) is 34.0. The Morgan fingerprint density at radius 1 is 0.468 bits per heavy atom. The number of amides is 1. The van der Waals surface area contributed by atoms with Crippen LogP contribution in [0.4, 0.5) is 0 Å². The third-order valence-electron chi connectivity index (χ3n) is 13.3. The van der Waals surface area contributed by atoms with Gasteiger partial charge in [0.2, 0.25) is 5.91 Å². The van der Waals surface area contributed by atoms with Crippen LogP contribution in [0.2, 0.25) is 0 Å². The maximum Gasteiger partial charge on any atom is 0.220 e. The Hall–Kier alpha value is -4.13. The van der Waals surface area contributed by atoms with Crippen LogP contribution in [0.3, 0.4) is 0 Å². The largest absolute Gasteiger partial charge is 0.394 e. The molecule has 12 unspecified atom stereocenters. The lowest BCUT2D eigenvalue weighted by Gasteiger charge is -2.46. The summed E-state index contributed by atoms with van der Waals surface area (Å²) in [5.74, 6) is -0.248. The monoisotopic (exact) mass is 1110 g/mol. The predicted octanol–water partition coefficient (Wildman–Crippen LogP) is 10.2. The van der Waals surface area contributed by atoms with Gasteiger partial charge in [0.15, 0.2) is 12.6 Å². The summed E-state index contributed by atoms with van der Waals surface area (Å²) in [6.45, 7) is 2.55. The van der Waals surface area contributed by atoms with Crippen molar-refractivity contribution in [3.05, 3.63) is 146 Å². The van der Waals surface area contributed by atoms with Crippen LogP contribution in [0.25, 0.3) is 0 Å². The van der Waals surface area contributed by atoms with E-state index in [0.29, 0.717) is 12.8 Å². The van der Waals surface area contributed by atoms with Crippen molar-refractivity contribution in [3.63, 3.8) is 0 Å². The smallest absolute Gasteiger partial charge is 0.220 e. The fourth-order valence-corrected chi connectivity index (χ4v) is 8.57. The summed E-state index contributed by atoms with van der Waals surface area (Å²) < 4.78 is 22.6. The molecule has 446 valence electrons. The van der Waals surface area contributed by atoms with Crippen molar-refractivity contribution >= 4 is 5.91 Å². The van der Waals surface area contributed by atoms with Gasteiger partial charge in [0, 0.05) is 6.42 Å². The lowest BCUT2D eigenvalue weighted by atomic mass is 9.97. The van der Waals surface area contributed by atoms with Crippen LogP contribution < -0.4 is 5.32 Å². The topological polar surface area (TPSA) is 228 Å². The number of aliphatic hydroxyl groups excluding tert-OH is 8. The Bertz CT molecular complexity index is 1880. The lowest BCUT2D eigenvalue weighted by molar-refractivity contribution is -0.359. The van der Waals surface area contributed by atoms with Gasteiger partial charge in [-0.05, 0) is 103 Å². The second-order valence-corrected chi connectivity index (χ2v) is 20.0. The van der Waals surface area contributed by atoms with Crippen LogP contribution in [-0.4, -0.2) is 140 Å². The zero-order valence-corrected chi connectivity index (χ0v) is 47.8. The van der Waals surface area contributed by atoms with Crippen molar-refractivity contribution in [2.75, 3.05) is 19.8 Å². The summed E-state index contributed by atoms with van der Waals surface area (Å²) in [5.41, 5.74) is 0. The van der Waals surface area contributed by atoms with E-state index in [0.717, 1.165) is 128 Å². The summed E-state index contributed by atoms with van der Waals surface area (Å²) in [5, 5.41) is 86.3. The third-order valence-corrected chi connectivity index (χ3v) is 13.3. The van der Waals surface area contributed by atoms with Gasteiger partial charge in [0.1, 0.15) is 48.8 Å². The lowest BCUT2D eigenvalue weighted by Crippen LogP contribution is -2.65. The van der Waals surface area contributed by atoms with Gasteiger partial charge in [0.05, 0.1) is 32.0 Å². The highest BCUT2D eigenvalue weighted by Gasteiger charge is 2.51. The van der Waals surface area contributed by atoms with Gasteiger partial charge in [-0.15, -0.1) is 0 Å². The van der Waals surface area contributed by atoms with E-state index in [9.17, 15) is 45.6 Å². The highest BCUT2D eigenvalue weighted by atomic mass is 16.7. The Morgan fingerprint density at radius 3 is 1.32 bits per heavy atom. The molecule has 2 aliphatic heterocycles. The van der Waals surface area contributed by atoms with Gasteiger partial charge < -0.3 is 65.1 Å². The zero-order chi connectivity index (χ0) is 57.4. The van der Waals surface area contributed by atoms with Gasteiger partial charge in [-0.3, -0.25) is 4.79 Å². The minimum absolute atomic E-state index is 0.248. The Labute approximate surface area is 474 Å². The second-order valence-electron chi connectivity index (χ2n) is 20.0. The fraction of sp³-hybridized carbons (Fsp3) is 0.615. The van der Waals surface area contributed by atoms with Crippen LogP contribution in [0.15, 0.2) is 146 Å². The standard InChI is InChI=1S/C65H103NO13/c1-3-5-7-9-10-11-12-13-14-15-16-17-18-19-20-21-22-23-24-25-26-27-28-29-30-31-32-33-34-35-36-37-38-39-40-41-42-43-44-45-47-49-57(70)66-53(54(69)48-46-8-6-4-2)52-76-64-62(75)60(73)63(56(51-68)78-64)79-65-61(74)59(72)58(71)55(50-67)77-65/h5,7,10-11,13-14,16-17,19-20,22-23,25-26,28-29,31-32,34-35,37-38,40-41,53-56,58-65,67-69,71-75H,3-4,6,8-9,12,15,18,21,24,27,30,33,36,39,42-52H2,1-2H3,(H,66,70)/b7-5-,11-10-,14-13-,17-16-,20-19-,23-22-,26-25-,29-28-,32-31-,35-34-,38-37-,41-40-. The first-order chi connectivity index (χ1) is 38.6. The number of nitrogens with one attached hydrogen (secondary N) is 1. The minimum Gasteiger partial charge on any atom is -0.394 e. The molecule has 0 aliphatic carbocycles. The number of rotatable bonds is 44. The first kappa shape index (κ1) is 71.0. The molecule has 0 bridgehead atoms. The van der Waals surface area contributed by atoms with Gasteiger partial charge in [0.25, 0.3) is 0 Å². The molecule has 2 rings (SSSR count). The molecule has 0 aromatic rings. The van der Waals surface area contributed by atoms with Crippen molar-refractivity contribution in [2.24, 2.45) is 0 Å². The maximum absolute atomic E-state index is 13.1. The van der Waals surface area contributed by atoms with Crippen molar-refractivity contribution in [2.45, 2.75) is 235 Å². The number of carbonyl (C=O) groups is 1. The molecule has 2 saturated heterocycles. The van der Waals surface area contributed by atoms with E-state index in [2.05, 4.69) is 165 Å². The van der Waals surface area contributed by atoms with E-state index in [-0.39, 0.29) is 18.9 Å². The van der Waals surface area contributed by atoms with Crippen LogP contribution >= 0.6 is 0 Å². The van der Waals surface area contributed by atoms with E-state index in [1.807, 2.05) is 0 Å².